The monoisotopic (exact) mass is 417 g/mol. The van der Waals surface area contributed by atoms with Crippen molar-refractivity contribution < 1.29 is 18.0 Å². The van der Waals surface area contributed by atoms with Crippen LogP contribution >= 0.6 is 0 Å². The van der Waals surface area contributed by atoms with E-state index in [1.165, 1.54) is 18.2 Å². The molecule has 0 N–H and O–H groups in total. The Bertz CT molecular complexity index is 1070. The van der Waals surface area contributed by atoms with Gasteiger partial charge in [0.15, 0.2) is 0 Å². The lowest BCUT2D eigenvalue weighted by molar-refractivity contribution is 0.0659. The van der Waals surface area contributed by atoms with Crippen LogP contribution in [-0.2, 0) is 6.42 Å². The van der Waals surface area contributed by atoms with Gasteiger partial charge in [-0.2, -0.15) is 9.50 Å². The summed E-state index contributed by atoms with van der Waals surface area (Å²) in [6.45, 7) is 3.55. The molecule has 1 saturated heterocycles. The predicted molar refractivity (Wildman–Crippen MR) is 104 cm³/mol. The van der Waals surface area contributed by atoms with E-state index in [0.717, 1.165) is 22.9 Å². The molecule has 1 aliphatic heterocycles. The Morgan fingerprint density at radius 1 is 1.20 bits per heavy atom. The van der Waals surface area contributed by atoms with Gasteiger partial charge in [0.05, 0.1) is 0 Å². The number of alkyl halides is 2. The van der Waals surface area contributed by atoms with Crippen molar-refractivity contribution in [3.05, 3.63) is 58.9 Å². The Hall–Kier alpha value is -2.97. The molecular formula is C21H22F3N5O. The third-order valence-electron chi connectivity index (χ3n) is 5.58. The first-order valence-electron chi connectivity index (χ1n) is 9.93. The van der Waals surface area contributed by atoms with Crippen LogP contribution in [0.1, 0.15) is 60.2 Å². The molecule has 1 aliphatic rings. The molecule has 0 aliphatic carbocycles. The van der Waals surface area contributed by atoms with Gasteiger partial charge in [-0.25, -0.2) is 18.2 Å². The molecule has 0 spiro atoms. The highest BCUT2D eigenvalue weighted by Gasteiger charge is 2.36. The van der Waals surface area contributed by atoms with Crippen LogP contribution in [0.3, 0.4) is 0 Å². The fourth-order valence-electron chi connectivity index (χ4n) is 4.08. The van der Waals surface area contributed by atoms with Crippen molar-refractivity contribution in [1.82, 2.24) is 24.5 Å². The minimum absolute atomic E-state index is 0.00778. The van der Waals surface area contributed by atoms with E-state index in [0.29, 0.717) is 18.5 Å². The highest BCUT2D eigenvalue weighted by molar-refractivity contribution is 5.91. The average Bonchev–Trinajstić information content (AvgIpc) is 3.29. The minimum Gasteiger partial charge on any atom is -0.330 e. The maximum atomic E-state index is 13.4. The number of carbonyl (C=O) groups is 1. The van der Waals surface area contributed by atoms with Crippen LogP contribution < -0.4 is 0 Å². The lowest BCUT2D eigenvalue weighted by Gasteiger charge is -2.27. The first kappa shape index (κ1) is 20.3. The van der Waals surface area contributed by atoms with Crippen LogP contribution in [0, 0.1) is 12.7 Å². The molecule has 1 aromatic carbocycles. The summed E-state index contributed by atoms with van der Waals surface area (Å²) < 4.78 is 40.8. The number of fused-ring (bicyclic) bond motifs is 1. The molecule has 6 nitrogen and oxygen atoms in total. The second-order valence-corrected chi connectivity index (χ2v) is 7.73. The van der Waals surface area contributed by atoms with Crippen LogP contribution in [0.25, 0.3) is 5.78 Å². The quantitative estimate of drug-likeness (QED) is 0.626. The number of rotatable bonds is 5. The summed E-state index contributed by atoms with van der Waals surface area (Å²) in [6, 6.07) is 7.54. The normalized spacial score (nSPS) is 19.2. The number of amides is 1. The van der Waals surface area contributed by atoms with Gasteiger partial charge in [0.25, 0.3) is 18.1 Å². The van der Waals surface area contributed by atoms with Crippen molar-refractivity contribution in [2.75, 3.05) is 0 Å². The second kappa shape index (κ2) is 8.04. The van der Waals surface area contributed by atoms with E-state index >= 15 is 0 Å². The molecule has 1 fully saturated rings. The van der Waals surface area contributed by atoms with Gasteiger partial charge in [-0.15, -0.1) is 5.10 Å². The van der Waals surface area contributed by atoms with Crippen molar-refractivity contribution in [3.63, 3.8) is 0 Å². The minimum atomic E-state index is -2.76. The van der Waals surface area contributed by atoms with Gasteiger partial charge >= 0.3 is 0 Å². The summed E-state index contributed by atoms with van der Waals surface area (Å²) >= 11 is 0. The largest absolute Gasteiger partial charge is 0.330 e. The zero-order valence-corrected chi connectivity index (χ0v) is 16.7. The molecule has 0 radical (unpaired) electrons. The van der Waals surface area contributed by atoms with Gasteiger partial charge in [-0.05, 0) is 63.3 Å². The van der Waals surface area contributed by atoms with Gasteiger partial charge in [-0.1, -0.05) is 12.1 Å². The molecule has 30 heavy (non-hydrogen) atoms. The standard InChI is InChI=1S/C21H22F3N5O/c1-12-11-17(18(23)24)29-21(25-12)26-19(27-29)20(30)28-13(2)3-9-16(28)10-6-14-4-7-15(22)8-5-14/h4-5,7-8,11,13,16,18H,3,6,9-10H2,1-2H3/t13-,16-/m1/s1. The molecule has 158 valence electrons. The second-order valence-electron chi connectivity index (χ2n) is 7.73. The third-order valence-corrected chi connectivity index (χ3v) is 5.58. The van der Waals surface area contributed by atoms with Gasteiger partial charge in [0, 0.05) is 17.8 Å². The summed E-state index contributed by atoms with van der Waals surface area (Å²) in [6.07, 6.45) is 0.340. The van der Waals surface area contributed by atoms with E-state index in [-0.39, 0.29) is 41.1 Å². The molecule has 4 rings (SSSR count). The van der Waals surface area contributed by atoms with Gasteiger partial charge < -0.3 is 4.90 Å². The first-order chi connectivity index (χ1) is 14.3. The van der Waals surface area contributed by atoms with Crippen molar-refractivity contribution in [1.29, 1.82) is 0 Å². The number of benzene rings is 1. The van der Waals surface area contributed by atoms with Crippen molar-refractivity contribution >= 4 is 11.7 Å². The van der Waals surface area contributed by atoms with Crippen LogP contribution in [0.5, 0.6) is 0 Å². The fourth-order valence-corrected chi connectivity index (χ4v) is 4.08. The van der Waals surface area contributed by atoms with Crippen LogP contribution in [-0.4, -0.2) is 42.5 Å². The Balaban J connectivity index is 1.57. The summed E-state index contributed by atoms with van der Waals surface area (Å²) in [5.41, 5.74) is 1.04. The van der Waals surface area contributed by atoms with Crippen LogP contribution in [0.4, 0.5) is 13.2 Å². The number of likely N-dealkylation sites (tertiary alicyclic amines) is 1. The maximum Gasteiger partial charge on any atom is 0.294 e. The van der Waals surface area contributed by atoms with E-state index in [1.807, 2.05) is 6.92 Å². The van der Waals surface area contributed by atoms with Crippen molar-refractivity contribution in [3.8, 4) is 0 Å². The Labute approximate surface area is 171 Å². The highest BCUT2D eigenvalue weighted by Crippen LogP contribution is 2.29. The lowest BCUT2D eigenvalue weighted by atomic mass is 10.0. The molecule has 0 bridgehead atoms. The number of halogens is 3. The average molecular weight is 417 g/mol. The number of aromatic nitrogens is 4. The van der Waals surface area contributed by atoms with Gasteiger partial charge in [0.1, 0.15) is 11.5 Å². The van der Waals surface area contributed by atoms with E-state index in [2.05, 4.69) is 15.1 Å². The Morgan fingerprint density at radius 3 is 2.63 bits per heavy atom. The van der Waals surface area contributed by atoms with E-state index in [4.69, 9.17) is 0 Å². The van der Waals surface area contributed by atoms with Crippen molar-refractivity contribution in [2.45, 2.75) is 58.0 Å². The molecule has 3 heterocycles. The Morgan fingerprint density at radius 2 is 1.93 bits per heavy atom. The SMILES string of the molecule is Cc1cc(C(F)F)n2nc(C(=O)N3[C@@H](CCc4ccc(F)cc4)CC[C@H]3C)nc2n1. The number of hydrogen-bond donors (Lipinski definition) is 0. The summed E-state index contributed by atoms with van der Waals surface area (Å²) in [7, 11) is 0. The zero-order chi connectivity index (χ0) is 21.4. The number of nitrogens with zero attached hydrogens (tertiary/aromatic N) is 5. The van der Waals surface area contributed by atoms with Crippen LogP contribution in [0.15, 0.2) is 30.3 Å². The summed E-state index contributed by atoms with van der Waals surface area (Å²) in [5.74, 6) is -0.804. The Kier molecular flexibility index (Phi) is 5.44. The predicted octanol–water partition coefficient (Wildman–Crippen LogP) is 4.14. The summed E-state index contributed by atoms with van der Waals surface area (Å²) in [5, 5.41) is 4.05. The molecule has 2 aromatic heterocycles. The third kappa shape index (κ3) is 3.88. The fraction of sp³-hybridized carbons (Fsp3) is 0.429. The molecule has 9 heteroatoms. The number of aryl methyl sites for hydroxylation is 2. The smallest absolute Gasteiger partial charge is 0.294 e. The molecule has 1 amide bonds. The van der Waals surface area contributed by atoms with Gasteiger partial charge in [0.2, 0.25) is 5.82 Å². The van der Waals surface area contributed by atoms with E-state index in [9.17, 15) is 18.0 Å². The topological polar surface area (TPSA) is 63.4 Å². The molecule has 3 aromatic rings. The van der Waals surface area contributed by atoms with Crippen molar-refractivity contribution in [2.24, 2.45) is 0 Å². The molecular weight excluding hydrogens is 395 g/mol. The number of carbonyl (C=O) groups excluding carboxylic acids is 1. The lowest BCUT2D eigenvalue weighted by Crippen LogP contribution is -2.40. The highest BCUT2D eigenvalue weighted by atomic mass is 19.3. The van der Waals surface area contributed by atoms with Gasteiger partial charge in [-0.3, -0.25) is 4.79 Å². The summed E-state index contributed by atoms with van der Waals surface area (Å²) in [4.78, 5) is 23.2. The first-order valence-corrected chi connectivity index (χ1v) is 9.93. The molecule has 2 atom stereocenters. The zero-order valence-electron chi connectivity index (χ0n) is 16.7. The number of hydrogen-bond acceptors (Lipinski definition) is 4. The molecule has 0 unspecified atom stereocenters. The molecule has 0 saturated carbocycles. The van der Waals surface area contributed by atoms with E-state index in [1.54, 1.807) is 24.0 Å². The van der Waals surface area contributed by atoms with Crippen LogP contribution in [0.2, 0.25) is 0 Å². The maximum absolute atomic E-state index is 13.4. The van der Waals surface area contributed by atoms with E-state index < -0.39 is 6.43 Å².